The van der Waals surface area contributed by atoms with Crippen LogP contribution in [0.25, 0.3) is 22.0 Å². The van der Waals surface area contributed by atoms with Crippen molar-refractivity contribution >= 4 is 44.3 Å². The van der Waals surface area contributed by atoms with Crippen molar-refractivity contribution in [2.45, 2.75) is 77.4 Å². The number of aromatic nitrogens is 2. The van der Waals surface area contributed by atoms with Crippen molar-refractivity contribution in [1.29, 1.82) is 0 Å². The highest BCUT2D eigenvalue weighted by Gasteiger charge is 2.64. The number of anilines is 2. The Morgan fingerprint density at radius 3 is 2.43 bits per heavy atom. The van der Waals surface area contributed by atoms with Crippen LogP contribution in [-0.2, 0) is 25.0 Å². The number of rotatable bonds is 8. The van der Waals surface area contributed by atoms with Gasteiger partial charge in [-0.05, 0) is 64.0 Å². The number of sulfonamides is 1. The van der Waals surface area contributed by atoms with Crippen molar-refractivity contribution in [3.8, 4) is 17.0 Å². The van der Waals surface area contributed by atoms with Crippen LogP contribution in [-0.4, -0.2) is 86.5 Å². The third-order valence-electron chi connectivity index (χ3n) is 9.67. The van der Waals surface area contributed by atoms with E-state index in [1.807, 2.05) is 34.6 Å². The predicted molar refractivity (Wildman–Crippen MR) is 186 cm³/mol. The number of nitrogens with zero attached hydrogens (tertiary/aromatic N) is 4. The molecular formula is C35H45FN6O6S. The van der Waals surface area contributed by atoms with Gasteiger partial charge in [-0.25, -0.2) is 22.6 Å². The first-order chi connectivity index (χ1) is 22.9. The lowest BCUT2D eigenvalue weighted by atomic mass is 9.47. The minimum Gasteiger partial charge on any atom is -0.475 e. The summed E-state index contributed by atoms with van der Waals surface area (Å²) in [6.07, 6.45) is 6.53. The summed E-state index contributed by atoms with van der Waals surface area (Å²) in [6, 6.07) is 4.79. The van der Waals surface area contributed by atoms with Gasteiger partial charge in [0, 0.05) is 67.1 Å². The van der Waals surface area contributed by atoms with Crippen molar-refractivity contribution < 1.29 is 31.9 Å². The summed E-state index contributed by atoms with van der Waals surface area (Å²) >= 11 is 0. The Morgan fingerprint density at radius 1 is 1.10 bits per heavy atom. The first-order valence-corrected chi connectivity index (χ1v) is 18.5. The van der Waals surface area contributed by atoms with Crippen LogP contribution < -0.4 is 19.7 Å². The molecule has 2 N–H and O–H groups in total. The van der Waals surface area contributed by atoms with Gasteiger partial charge in [-0.1, -0.05) is 13.8 Å². The summed E-state index contributed by atoms with van der Waals surface area (Å²) in [5.41, 5.74) is 1.07. The van der Waals surface area contributed by atoms with Gasteiger partial charge < -0.3 is 24.6 Å². The van der Waals surface area contributed by atoms with E-state index in [0.29, 0.717) is 54.6 Å². The molecule has 49 heavy (non-hydrogen) atoms. The molecule has 12 nitrogen and oxygen atoms in total. The number of hydrogen-bond donors (Lipinski definition) is 2. The summed E-state index contributed by atoms with van der Waals surface area (Å²) in [5, 5.41) is 3.88. The number of ether oxygens (including phenoxy) is 2. The predicted octanol–water partition coefficient (Wildman–Crippen LogP) is 5.21. The van der Waals surface area contributed by atoms with Crippen LogP contribution in [0.1, 0.15) is 65.9 Å². The van der Waals surface area contributed by atoms with E-state index in [0.717, 1.165) is 24.7 Å². The molecule has 0 atom stereocenters. The van der Waals surface area contributed by atoms with Crippen LogP contribution in [0.15, 0.2) is 30.6 Å². The maximum atomic E-state index is 15.8. The molecule has 2 aliphatic heterocycles. The van der Waals surface area contributed by atoms with E-state index >= 15 is 4.39 Å². The average Bonchev–Trinajstić information content (AvgIpc) is 3.20. The minimum absolute atomic E-state index is 0.0161. The van der Waals surface area contributed by atoms with E-state index in [9.17, 15) is 18.0 Å². The number of benzene rings is 1. The number of fused-ring (bicyclic) bond motifs is 4. The number of amides is 2. The van der Waals surface area contributed by atoms with Crippen LogP contribution >= 0.6 is 0 Å². The Balaban J connectivity index is 1.33. The fourth-order valence-electron chi connectivity index (χ4n) is 7.60. The van der Waals surface area contributed by atoms with Gasteiger partial charge in [-0.3, -0.25) is 14.5 Å². The molecule has 1 aromatic carbocycles. The number of halogens is 1. The van der Waals surface area contributed by atoms with Crippen molar-refractivity contribution in [3.63, 3.8) is 0 Å². The molecule has 2 spiro atoms. The Kier molecular flexibility index (Phi) is 8.79. The van der Waals surface area contributed by atoms with Crippen LogP contribution in [0.4, 0.5) is 20.6 Å². The van der Waals surface area contributed by atoms with Crippen LogP contribution in [0.5, 0.6) is 5.88 Å². The van der Waals surface area contributed by atoms with Crippen molar-refractivity contribution in [2.75, 3.05) is 49.2 Å². The summed E-state index contributed by atoms with van der Waals surface area (Å²) in [7, 11) is -1.97. The quantitative estimate of drug-likeness (QED) is 0.304. The Labute approximate surface area is 286 Å². The van der Waals surface area contributed by atoms with Gasteiger partial charge in [-0.2, -0.15) is 0 Å². The standard InChI is InChI=1S/C35H45FN6O6S/c1-21(2)37-10-13-47-30-27(40-49(7,45)46)14-22(17-39-30)23-15-24-26(16-25(23)36)38-18-28-29(24)35(31(43)41(28)6)19-34(20-35)8-11-42(12-9-34)32(44)48-33(3,4)5/h14-18,21,37,40H,8-13,19-20H2,1-7H3. The smallest absolute Gasteiger partial charge is 0.410 e. The van der Waals surface area contributed by atoms with E-state index in [-0.39, 0.29) is 47.2 Å². The zero-order valence-corrected chi connectivity index (χ0v) is 30.0. The van der Waals surface area contributed by atoms with Crippen molar-refractivity contribution in [2.24, 2.45) is 5.41 Å². The van der Waals surface area contributed by atoms with Crippen LogP contribution in [0, 0.1) is 11.2 Å². The molecule has 264 valence electrons. The maximum absolute atomic E-state index is 15.8. The third kappa shape index (κ3) is 6.77. The molecule has 6 rings (SSSR count). The largest absolute Gasteiger partial charge is 0.475 e. The highest BCUT2D eigenvalue weighted by molar-refractivity contribution is 7.92. The summed E-state index contributed by atoms with van der Waals surface area (Å²) in [5.74, 6) is -0.502. The molecule has 0 radical (unpaired) electrons. The lowest BCUT2D eigenvalue weighted by Crippen LogP contribution is -2.58. The van der Waals surface area contributed by atoms with E-state index in [1.165, 1.54) is 18.3 Å². The number of likely N-dealkylation sites (N-methyl/N-ethyl adjacent to an activating group) is 1. The fourth-order valence-corrected chi connectivity index (χ4v) is 8.15. The Hall–Kier alpha value is -4.04. The fraction of sp³-hybridized carbons (Fsp3) is 0.543. The lowest BCUT2D eigenvalue weighted by Gasteiger charge is -2.57. The topological polar surface area (TPSA) is 143 Å². The molecule has 0 bridgehead atoms. The highest BCUT2D eigenvalue weighted by atomic mass is 32.2. The number of hydrogen-bond acceptors (Lipinski definition) is 9. The Bertz CT molecular complexity index is 1910. The van der Waals surface area contributed by atoms with Gasteiger partial charge in [0.25, 0.3) is 0 Å². The third-order valence-corrected chi connectivity index (χ3v) is 10.3. The zero-order valence-electron chi connectivity index (χ0n) is 29.1. The monoisotopic (exact) mass is 696 g/mol. The second-order valence-corrected chi connectivity index (χ2v) is 16.8. The first kappa shape index (κ1) is 34.8. The van der Waals surface area contributed by atoms with Gasteiger partial charge in [0.1, 0.15) is 23.7 Å². The molecule has 1 saturated carbocycles. The lowest BCUT2D eigenvalue weighted by molar-refractivity contribution is -0.134. The highest BCUT2D eigenvalue weighted by Crippen LogP contribution is 2.65. The summed E-state index contributed by atoms with van der Waals surface area (Å²) in [4.78, 5) is 39.0. The van der Waals surface area contributed by atoms with E-state index in [2.05, 4.69) is 20.0 Å². The van der Waals surface area contributed by atoms with Gasteiger partial charge >= 0.3 is 6.09 Å². The van der Waals surface area contributed by atoms with Crippen LogP contribution in [0.3, 0.4) is 0 Å². The van der Waals surface area contributed by atoms with Crippen LogP contribution in [0.2, 0.25) is 0 Å². The molecule has 0 unspecified atom stereocenters. The van der Waals surface area contributed by atoms with Gasteiger partial charge in [0.2, 0.25) is 21.8 Å². The molecule has 3 aliphatic rings. The summed E-state index contributed by atoms with van der Waals surface area (Å²) < 4.78 is 54.1. The average molecular weight is 697 g/mol. The number of likely N-dealkylation sites (tertiary alicyclic amines) is 1. The Morgan fingerprint density at radius 2 is 1.80 bits per heavy atom. The molecular weight excluding hydrogens is 651 g/mol. The number of carbonyl (C=O) groups excluding carboxylic acids is 2. The van der Waals surface area contributed by atoms with Crippen molar-refractivity contribution in [1.82, 2.24) is 20.2 Å². The normalized spacial score (nSPS) is 18.3. The number of nitrogens with one attached hydrogen (secondary N) is 2. The molecule has 14 heteroatoms. The van der Waals surface area contributed by atoms with Gasteiger partial charge in [0.05, 0.1) is 29.1 Å². The molecule has 1 saturated heterocycles. The maximum Gasteiger partial charge on any atom is 0.410 e. The molecule has 2 fully saturated rings. The molecule has 2 amide bonds. The second kappa shape index (κ2) is 12.4. The number of carbonyl (C=O) groups is 2. The van der Waals surface area contributed by atoms with Gasteiger partial charge in [0.15, 0.2) is 0 Å². The SMILES string of the molecule is CC(C)NCCOc1ncc(-c2cc3c4c(cnc3cc2F)N(C)C(=O)C42CC3(CCN(C(=O)OC(C)(C)C)CC3)C2)cc1NS(C)(=O)=O. The minimum atomic E-state index is -3.71. The van der Waals surface area contributed by atoms with Crippen molar-refractivity contribution in [3.05, 3.63) is 42.0 Å². The van der Waals surface area contributed by atoms with E-state index in [4.69, 9.17) is 9.47 Å². The second-order valence-electron chi connectivity index (χ2n) is 15.0. The van der Waals surface area contributed by atoms with E-state index in [1.54, 1.807) is 29.1 Å². The molecule has 3 aromatic rings. The molecule has 4 heterocycles. The first-order valence-electron chi connectivity index (χ1n) is 16.6. The zero-order chi connectivity index (χ0) is 35.5. The summed E-state index contributed by atoms with van der Waals surface area (Å²) in [6.45, 7) is 11.4. The number of piperidine rings is 1. The molecule has 2 aromatic heterocycles. The van der Waals surface area contributed by atoms with Gasteiger partial charge in [-0.15, -0.1) is 0 Å². The number of pyridine rings is 2. The van der Waals surface area contributed by atoms with E-state index < -0.39 is 26.9 Å². The molecule has 1 aliphatic carbocycles.